The average Bonchev–Trinajstić information content (AvgIpc) is 3.54. The molecule has 1 aliphatic heterocycles. The Morgan fingerprint density at radius 2 is 1.81 bits per heavy atom. The highest BCUT2D eigenvalue weighted by atomic mass is 32.1. The van der Waals surface area contributed by atoms with Gasteiger partial charge in [0.25, 0.3) is 6.20 Å². The SMILES string of the molecule is Cc1ccc(-c2cc(-c3ccccc3)nc3sc(/C([O-])=N/c4c[n+](N5CCCCC5)no4)c(N)c23)cc1. The van der Waals surface area contributed by atoms with Crippen molar-refractivity contribution in [1.29, 1.82) is 0 Å². The third kappa shape index (κ3) is 4.53. The Morgan fingerprint density at radius 1 is 1.05 bits per heavy atom. The number of nitrogen functional groups attached to an aromatic ring is 1. The molecule has 0 spiro atoms. The van der Waals surface area contributed by atoms with Gasteiger partial charge in [-0.25, -0.2) is 9.98 Å². The van der Waals surface area contributed by atoms with Gasteiger partial charge in [0, 0.05) is 16.8 Å². The summed E-state index contributed by atoms with van der Waals surface area (Å²) in [6.07, 6.45) is 5.05. The maximum absolute atomic E-state index is 13.3. The van der Waals surface area contributed by atoms with E-state index in [2.05, 4.69) is 46.5 Å². The molecule has 0 atom stereocenters. The number of aromatic nitrogens is 3. The first-order valence-electron chi connectivity index (χ1n) is 12.3. The largest absolute Gasteiger partial charge is 0.857 e. The second-order valence-electron chi connectivity index (χ2n) is 9.20. The molecule has 2 N–H and O–H groups in total. The lowest BCUT2D eigenvalue weighted by Crippen LogP contribution is -2.60. The molecule has 1 aliphatic rings. The zero-order valence-electron chi connectivity index (χ0n) is 20.4. The monoisotopic (exact) mass is 510 g/mol. The lowest BCUT2D eigenvalue weighted by atomic mass is 9.99. The number of fused-ring (bicyclic) bond motifs is 1. The number of anilines is 1. The molecule has 186 valence electrons. The normalized spacial score (nSPS) is 14.4. The Morgan fingerprint density at radius 3 is 2.57 bits per heavy atom. The molecule has 0 aliphatic carbocycles. The molecule has 2 aromatic carbocycles. The van der Waals surface area contributed by atoms with Crippen LogP contribution in [0.15, 0.2) is 76.4 Å². The van der Waals surface area contributed by atoms with Crippen molar-refractivity contribution in [3.8, 4) is 22.4 Å². The third-order valence-electron chi connectivity index (χ3n) is 6.60. The van der Waals surface area contributed by atoms with E-state index in [1.807, 2.05) is 36.4 Å². The number of hydrogen-bond acceptors (Lipinski definition) is 8. The highest BCUT2D eigenvalue weighted by Crippen LogP contribution is 2.41. The molecule has 6 rings (SSSR count). The van der Waals surface area contributed by atoms with Crippen LogP contribution in [0.2, 0.25) is 0 Å². The van der Waals surface area contributed by atoms with Gasteiger partial charge in [-0.15, -0.1) is 11.3 Å². The fraction of sp³-hybridized carbons (Fsp3) is 0.214. The lowest BCUT2D eigenvalue weighted by molar-refractivity contribution is -0.759. The lowest BCUT2D eigenvalue weighted by Gasteiger charge is -2.17. The summed E-state index contributed by atoms with van der Waals surface area (Å²) in [5.41, 5.74) is 11.9. The van der Waals surface area contributed by atoms with Crippen LogP contribution < -0.4 is 20.6 Å². The van der Waals surface area contributed by atoms with Gasteiger partial charge >= 0.3 is 5.88 Å². The van der Waals surface area contributed by atoms with E-state index in [1.54, 1.807) is 11.0 Å². The van der Waals surface area contributed by atoms with Crippen molar-refractivity contribution >= 4 is 39.0 Å². The van der Waals surface area contributed by atoms with Gasteiger partial charge < -0.3 is 10.8 Å². The van der Waals surface area contributed by atoms with Crippen LogP contribution in [0.3, 0.4) is 0 Å². The number of piperidine rings is 1. The van der Waals surface area contributed by atoms with Crippen LogP contribution in [0.25, 0.3) is 32.6 Å². The second kappa shape index (κ2) is 9.67. The van der Waals surface area contributed by atoms with Crippen LogP contribution in [0.4, 0.5) is 11.6 Å². The average molecular weight is 511 g/mol. The first kappa shape index (κ1) is 23.2. The number of hydrogen-bond donors (Lipinski definition) is 1. The van der Waals surface area contributed by atoms with Crippen LogP contribution in [-0.4, -0.2) is 29.2 Å². The summed E-state index contributed by atoms with van der Waals surface area (Å²) < 4.78 is 5.34. The van der Waals surface area contributed by atoms with Crippen molar-refractivity contribution in [2.24, 2.45) is 4.99 Å². The molecule has 0 amide bonds. The standard InChI is InChI=1S/C28H26N6O2S/c1-18-10-12-19(13-11-18)21-16-22(20-8-4-2-5-9-20)30-28-24(21)25(29)26(37-28)27(35)31-23-17-34(32-36-23)33-14-6-3-7-15-33/h2,4-5,8-13,16-17H,3,6-7,14-15H2,1H3,(H2-,29,31,32,35). The van der Waals surface area contributed by atoms with Crippen molar-refractivity contribution in [3.63, 3.8) is 0 Å². The Labute approximate surface area is 218 Å². The number of benzene rings is 2. The van der Waals surface area contributed by atoms with Crippen LogP contribution in [-0.2, 0) is 0 Å². The first-order chi connectivity index (χ1) is 18.1. The smallest absolute Gasteiger partial charge is 0.324 e. The van der Waals surface area contributed by atoms with Gasteiger partial charge in [-0.05, 0) is 43.4 Å². The number of nitrogens with zero attached hydrogens (tertiary/aromatic N) is 5. The number of nitrogens with two attached hydrogens (primary N) is 1. The first-order valence-corrected chi connectivity index (χ1v) is 13.1. The molecule has 0 bridgehead atoms. The zero-order chi connectivity index (χ0) is 25.4. The van der Waals surface area contributed by atoms with Crippen LogP contribution >= 0.6 is 11.3 Å². The van der Waals surface area contributed by atoms with Crippen LogP contribution in [0.1, 0.15) is 29.7 Å². The highest BCUT2D eigenvalue weighted by molar-refractivity contribution is 7.21. The fourth-order valence-corrected chi connectivity index (χ4v) is 5.65. The van der Waals surface area contributed by atoms with Crippen molar-refractivity contribution in [2.75, 3.05) is 23.8 Å². The van der Waals surface area contributed by atoms with Gasteiger partial charge in [0.2, 0.25) is 5.27 Å². The molecule has 9 heteroatoms. The van der Waals surface area contributed by atoms with Crippen molar-refractivity contribution in [1.82, 2.24) is 10.3 Å². The predicted molar refractivity (Wildman–Crippen MR) is 144 cm³/mol. The Hall–Kier alpha value is -4.24. The molecule has 5 aromatic rings. The Balaban J connectivity index is 1.44. The molecular formula is C28H26N6O2S. The number of aryl methyl sites for hydroxylation is 1. The van der Waals surface area contributed by atoms with Gasteiger partial charge in [-0.2, -0.15) is 5.01 Å². The maximum atomic E-state index is 13.3. The molecule has 1 fully saturated rings. The van der Waals surface area contributed by atoms with Gasteiger partial charge in [0.05, 0.1) is 34.1 Å². The van der Waals surface area contributed by atoms with E-state index in [0.717, 1.165) is 53.7 Å². The molecule has 1 saturated heterocycles. The molecule has 3 aromatic heterocycles. The summed E-state index contributed by atoms with van der Waals surface area (Å²) in [7, 11) is 0. The van der Waals surface area contributed by atoms with E-state index >= 15 is 0 Å². The van der Waals surface area contributed by atoms with E-state index in [0.29, 0.717) is 15.4 Å². The summed E-state index contributed by atoms with van der Waals surface area (Å²) in [6.45, 7) is 3.84. The molecule has 37 heavy (non-hydrogen) atoms. The minimum atomic E-state index is -0.474. The fourth-order valence-electron chi connectivity index (χ4n) is 4.64. The minimum absolute atomic E-state index is 0.143. The number of thiophene rings is 1. The van der Waals surface area contributed by atoms with Gasteiger partial charge in [-0.3, -0.25) is 4.52 Å². The summed E-state index contributed by atoms with van der Waals surface area (Å²) in [5, 5.41) is 20.1. The summed E-state index contributed by atoms with van der Waals surface area (Å²) in [6, 6.07) is 20.3. The van der Waals surface area contributed by atoms with Crippen LogP contribution in [0, 0.1) is 6.92 Å². The second-order valence-corrected chi connectivity index (χ2v) is 10.2. The van der Waals surface area contributed by atoms with Crippen molar-refractivity contribution in [2.45, 2.75) is 26.2 Å². The maximum Gasteiger partial charge on any atom is 0.324 e. The highest BCUT2D eigenvalue weighted by Gasteiger charge is 2.23. The third-order valence-corrected chi connectivity index (χ3v) is 7.69. The molecule has 0 radical (unpaired) electrons. The predicted octanol–water partition coefficient (Wildman–Crippen LogP) is 4.36. The molecule has 0 saturated carbocycles. The van der Waals surface area contributed by atoms with Gasteiger partial charge in [0.15, 0.2) is 0 Å². The Bertz CT molecular complexity index is 1580. The van der Waals surface area contributed by atoms with Crippen molar-refractivity contribution in [3.05, 3.63) is 77.3 Å². The summed E-state index contributed by atoms with van der Waals surface area (Å²) in [4.78, 5) is 11.7. The summed E-state index contributed by atoms with van der Waals surface area (Å²) >= 11 is 1.25. The minimum Gasteiger partial charge on any atom is -0.857 e. The van der Waals surface area contributed by atoms with E-state index in [9.17, 15) is 5.11 Å². The molecular weight excluding hydrogens is 484 g/mol. The number of aliphatic imine (C=N–C) groups is 1. The number of rotatable bonds is 5. The summed E-state index contributed by atoms with van der Waals surface area (Å²) in [5.74, 6) is -0.331. The van der Waals surface area contributed by atoms with Crippen LogP contribution in [0.5, 0.6) is 0 Å². The zero-order valence-corrected chi connectivity index (χ0v) is 21.2. The van der Waals surface area contributed by atoms with Gasteiger partial charge in [-0.1, -0.05) is 60.2 Å². The van der Waals surface area contributed by atoms with E-state index in [4.69, 9.17) is 15.2 Å². The molecule has 4 heterocycles. The quantitative estimate of drug-likeness (QED) is 0.214. The van der Waals surface area contributed by atoms with Crippen molar-refractivity contribution < 1.29 is 14.4 Å². The van der Waals surface area contributed by atoms with E-state index in [1.165, 1.54) is 23.3 Å². The van der Waals surface area contributed by atoms with E-state index in [-0.39, 0.29) is 5.88 Å². The molecule has 8 nitrogen and oxygen atoms in total. The molecule has 0 unspecified atom stereocenters. The number of pyridine rings is 1. The van der Waals surface area contributed by atoms with Gasteiger partial charge in [0.1, 0.15) is 4.83 Å². The topological polar surface area (TPSA) is 107 Å². The van der Waals surface area contributed by atoms with E-state index < -0.39 is 5.90 Å². The Kier molecular flexibility index (Phi) is 6.05.